The fourth-order valence-corrected chi connectivity index (χ4v) is 7.44. The van der Waals surface area contributed by atoms with Crippen molar-refractivity contribution in [3.05, 3.63) is 45.4 Å². The van der Waals surface area contributed by atoms with Gasteiger partial charge >= 0.3 is 0 Å². The molecule has 34 heavy (non-hydrogen) atoms. The summed E-state index contributed by atoms with van der Waals surface area (Å²) in [5.74, 6) is -0.473. The average molecular weight is 612 g/mol. The van der Waals surface area contributed by atoms with Crippen molar-refractivity contribution in [3.63, 3.8) is 0 Å². The highest BCUT2D eigenvalue weighted by Gasteiger charge is 2.42. The Labute approximate surface area is 231 Å². The standard InChI is InChI=1S/C13H17Cl2FOSSi.C7H3Cl2FOS.C2H6.CH4/c1-13(2,3)19(4,5)17-10-8(16)6-7-9(10)12(15)18-11(7)14;8-6-2-1-3(10)5(11)4(2)7(9)12-6;1-2;/h6H2,1-5H3;3H,1H2;1-2H3;1H4/i;;1D;. The number of carbonyl (C=O) groups is 1. The highest BCUT2D eigenvalue weighted by atomic mass is 35.5. The lowest BCUT2D eigenvalue weighted by Gasteiger charge is -2.36. The van der Waals surface area contributed by atoms with Crippen molar-refractivity contribution >= 4 is 88.9 Å². The van der Waals surface area contributed by atoms with E-state index in [1.807, 2.05) is 0 Å². The third kappa shape index (κ3) is 6.21. The molecule has 0 aliphatic heterocycles. The molecule has 2 aromatic rings. The molecule has 1 unspecified atom stereocenters. The van der Waals surface area contributed by atoms with Crippen LogP contribution in [0.5, 0.6) is 0 Å². The molecule has 2 aliphatic rings. The van der Waals surface area contributed by atoms with Gasteiger partial charge in [0.25, 0.3) is 8.32 Å². The molecule has 0 spiro atoms. The van der Waals surface area contributed by atoms with E-state index < -0.39 is 20.3 Å². The van der Waals surface area contributed by atoms with Crippen LogP contribution in [0.4, 0.5) is 8.78 Å². The van der Waals surface area contributed by atoms with Gasteiger partial charge in [0.05, 0.1) is 19.8 Å². The number of hydrogen-bond donors (Lipinski definition) is 0. The zero-order chi connectivity index (χ0) is 26.2. The molecule has 192 valence electrons. The molecular weight excluding hydrogens is 580 g/mol. The Morgan fingerprint density at radius 1 is 1.03 bits per heavy atom. The first-order valence-electron chi connectivity index (χ1n) is 10.8. The number of alkyl halides is 1. The van der Waals surface area contributed by atoms with Gasteiger partial charge in [-0.3, -0.25) is 4.79 Å². The summed E-state index contributed by atoms with van der Waals surface area (Å²) < 4.78 is 41.1. The lowest BCUT2D eigenvalue weighted by molar-refractivity contribution is 0.0899. The molecule has 11 heteroatoms. The van der Waals surface area contributed by atoms with Gasteiger partial charge in [0.1, 0.15) is 20.3 Å². The number of Topliss-reactive ketones (excluding diaryl/α,β-unsaturated/α-hetero) is 1. The maximum atomic E-state index is 14.2. The molecule has 1 atom stereocenters. The Morgan fingerprint density at radius 2 is 1.50 bits per heavy atom. The second-order valence-electron chi connectivity index (χ2n) is 8.82. The Balaban J connectivity index is 0.000000329. The number of hydrogen-bond acceptors (Lipinski definition) is 4. The highest BCUT2D eigenvalue weighted by Crippen LogP contribution is 2.50. The molecule has 0 saturated heterocycles. The predicted octanol–water partition coefficient (Wildman–Crippen LogP) is 11.1. The number of ketones is 1. The molecule has 0 fully saturated rings. The van der Waals surface area contributed by atoms with E-state index in [-0.39, 0.29) is 31.1 Å². The van der Waals surface area contributed by atoms with Crippen molar-refractivity contribution < 1.29 is 19.4 Å². The third-order valence-electron chi connectivity index (χ3n) is 5.71. The molecule has 4 rings (SSSR count). The van der Waals surface area contributed by atoms with E-state index in [2.05, 4.69) is 33.9 Å². The van der Waals surface area contributed by atoms with E-state index in [0.29, 0.717) is 46.7 Å². The van der Waals surface area contributed by atoms with Gasteiger partial charge in [0.2, 0.25) is 0 Å². The molecule has 2 nitrogen and oxygen atoms in total. The summed E-state index contributed by atoms with van der Waals surface area (Å²) in [7, 11) is -2.09. The zero-order valence-corrected chi connectivity index (χ0v) is 24.8. The van der Waals surface area contributed by atoms with Gasteiger partial charge in [-0.25, -0.2) is 8.78 Å². The lowest BCUT2D eigenvalue weighted by atomic mass is 10.2. The van der Waals surface area contributed by atoms with Crippen LogP contribution in [-0.4, -0.2) is 20.3 Å². The monoisotopic (exact) mass is 609 g/mol. The third-order valence-corrected chi connectivity index (χ3v) is 13.4. The first-order valence-corrected chi connectivity index (χ1v) is 16.1. The quantitative estimate of drug-likeness (QED) is 0.316. The minimum Gasteiger partial charge on any atom is -0.541 e. The first kappa shape index (κ1) is 30.1. The van der Waals surface area contributed by atoms with E-state index in [1.165, 1.54) is 11.3 Å². The molecule has 0 bridgehead atoms. The summed E-state index contributed by atoms with van der Waals surface area (Å²) in [5, 5.41) is 0.00925. The van der Waals surface area contributed by atoms with E-state index in [1.54, 1.807) is 6.92 Å². The van der Waals surface area contributed by atoms with Crippen molar-refractivity contribution in [3.8, 4) is 0 Å². The van der Waals surface area contributed by atoms with E-state index >= 15 is 0 Å². The highest BCUT2D eigenvalue weighted by molar-refractivity contribution is 7.21. The minimum atomic E-state index is -2.09. The van der Waals surface area contributed by atoms with Crippen LogP contribution in [0.2, 0.25) is 35.5 Å². The fourth-order valence-electron chi connectivity index (χ4n) is 2.94. The summed E-state index contributed by atoms with van der Waals surface area (Å²) >= 11 is 26.1. The Morgan fingerprint density at radius 3 is 1.97 bits per heavy atom. The number of rotatable bonds is 2. The Bertz CT molecular complexity index is 1110. The molecule has 0 radical (unpaired) electrons. The van der Waals surface area contributed by atoms with Gasteiger partial charge < -0.3 is 4.43 Å². The van der Waals surface area contributed by atoms with Crippen molar-refractivity contribution in [2.24, 2.45) is 0 Å². The van der Waals surface area contributed by atoms with Crippen molar-refractivity contribution in [2.75, 3.05) is 0 Å². The molecular formula is C23H30Cl4F2O2S2Si. The second kappa shape index (κ2) is 11.9. The minimum absolute atomic E-state index is 0. The van der Waals surface area contributed by atoms with Gasteiger partial charge in [-0.2, -0.15) is 0 Å². The van der Waals surface area contributed by atoms with Crippen LogP contribution in [0.3, 0.4) is 0 Å². The van der Waals surface area contributed by atoms with Crippen LogP contribution in [0.1, 0.15) is 70.4 Å². The second-order valence-corrected chi connectivity index (χ2v) is 18.0. The maximum Gasteiger partial charge on any atom is 0.250 e. The van der Waals surface area contributed by atoms with Gasteiger partial charge in [-0.1, -0.05) is 88.4 Å². The molecule has 2 aliphatic carbocycles. The maximum absolute atomic E-state index is 14.2. The van der Waals surface area contributed by atoms with Gasteiger partial charge in [-0.05, 0) is 23.7 Å². The summed E-state index contributed by atoms with van der Waals surface area (Å²) in [6.45, 7) is 12.8. The predicted molar refractivity (Wildman–Crippen MR) is 150 cm³/mol. The number of thiophene rings is 2. The van der Waals surface area contributed by atoms with E-state index in [4.69, 9.17) is 52.2 Å². The molecule has 0 amide bonds. The molecule has 0 saturated carbocycles. The van der Waals surface area contributed by atoms with Crippen molar-refractivity contribution in [1.82, 2.24) is 0 Å². The number of halogens is 6. The van der Waals surface area contributed by atoms with Crippen LogP contribution >= 0.6 is 69.1 Å². The number of fused-ring (bicyclic) bond motifs is 2. The largest absolute Gasteiger partial charge is 0.541 e. The SMILES string of the molecule is C.CC(C)(C)[Si](C)(C)OC1=C(F)Cc2c(Cl)sc(Cl)c21.O=C1c2c(Cl)sc(Cl)c2CC1F.[2H]CC. The Kier molecular flexibility index (Phi) is 10.6. The summed E-state index contributed by atoms with van der Waals surface area (Å²) in [6, 6.07) is 0. The van der Waals surface area contributed by atoms with Crippen LogP contribution in [0.25, 0.3) is 5.76 Å². The zero-order valence-electron chi connectivity index (χ0n) is 20.1. The van der Waals surface area contributed by atoms with E-state index in [9.17, 15) is 13.6 Å². The number of allylic oxidation sites excluding steroid dienone is 1. The molecule has 0 N–H and O–H groups in total. The Hall–Kier alpha value is -0.153. The number of carbonyl (C=O) groups excluding carboxylic acids is 1. The smallest absolute Gasteiger partial charge is 0.250 e. The van der Waals surface area contributed by atoms with Crippen LogP contribution < -0.4 is 0 Å². The normalized spacial score (nSPS) is 17.1. The molecule has 2 aromatic heterocycles. The van der Waals surface area contributed by atoms with Crippen LogP contribution in [0.15, 0.2) is 5.83 Å². The summed E-state index contributed by atoms with van der Waals surface area (Å²) in [5.41, 5.74) is 2.30. The topological polar surface area (TPSA) is 26.3 Å². The summed E-state index contributed by atoms with van der Waals surface area (Å²) in [6.07, 6.45) is -1.17. The van der Waals surface area contributed by atoms with Gasteiger partial charge in [0.15, 0.2) is 12.0 Å². The first-order chi connectivity index (χ1) is 15.6. The van der Waals surface area contributed by atoms with Gasteiger partial charge in [0, 0.05) is 19.8 Å². The van der Waals surface area contributed by atoms with Crippen LogP contribution in [0, 0.1) is 0 Å². The van der Waals surface area contributed by atoms with Crippen molar-refractivity contribution in [2.45, 2.75) is 79.2 Å². The van der Waals surface area contributed by atoms with Crippen LogP contribution in [-0.2, 0) is 17.3 Å². The lowest BCUT2D eigenvalue weighted by Crippen LogP contribution is -2.40. The van der Waals surface area contributed by atoms with Crippen molar-refractivity contribution in [1.29, 1.82) is 0 Å². The summed E-state index contributed by atoms with van der Waals surface area (Å²) in [4.78, 5) is 11.1. The van der Waals surface area contributed by atoms with Gasteiger partial charge in [-0.15, -0.1) is 22.7 Å². The molecule has 0 aromatic carbocycles. The average Bonchev–Trinajstić information content (AvgIpc) is 3.35. The van der Waals surface area contributed by atoms with E-state index in [0.717, 1.165) is 16.9 Å². The fraction of sp³-hybridized carbons (Fsp3) is 0.522. The molecule has 2 heterocycles.